The van der Waals surface area contributed by atoms with Gasteiger partial charge in [-0.25, -0.2) is 4.98 Å². The number of carbonyl (C=O) groups excluding carboxylic acids is 1. The Labute approximate surface area is 139 Å². The minimum absolute atomic E-state index is 0.0591. The van der Waals surface area contributed by atoms with Gasteiger partial charge in [-0.15, -0.1) is 0 Å². The quantitative estimate of drug-likeness (QED) is 0.850. The van der Waals surface area contributed by atoms with Crippen molar-refractivity contribution in [3.8, 4) is 5.19 Å². The second-order valence-corrected chi connectivity index (χ2v) is 7.26. The van der Waals surface area contributed by atoms with E-state index < -0.39 is 0 Å². The van der Waals surface area contributed by atoms with Crippen LogP contribution in [0, 0.1) is 5.92 Å². The highest BCUT2D eigenvalue weighted by molar-refractivity contribution is 7.20. The van der Waals surface area contributed by atoms with Crippen LogP contribution in [-0.2, 0) is 4.79 Å². The molecule has 0 spiro atoms. The Hall–Kier alpha value is -1.33. The third-order valence-corrected chi connectivity index (χ3v) is 5.08. The summed E-state index contributed by atoms with van der Waals surface area (Å²) in [6.45, 7) is 5.40. The van der Waals surface area contributed by atoms with Gasteiger partial charge in [0.2, 0.25) is 5.91 Å². The van der Waals surface area contributed by atoms with E-state index in [4.69, 9.17) is 16.3 Å². The molecule has 1 aliphatic rings. The monoisotopic (exact) mass is 338 g/mol. The highest BCUT2D eigenvalue weighted by Gasteiger charge is 2.25. The zero-order valence-corrected chi connectivity index (χ0v) is 14.3. The lowest BCUT2D eigenvalue weighted by molar-refractivity contribution is -0.136. The molecule has 2 aromatic rings. The summed E-state index contributed by atoms with van der Waals surface area (Å²) in [6.07, 6.45) is 1.82. The topological polar surface area (TPSA) is 42.4 Å². The van der Waals surface area contributed by atoms with E-state index in [0.29, 0.717) is 10.2 Å². The van der Waals surface area contributed by atoms with Crippen molar-refractivity contribution in [3.05, 3.63) is 23.2 Å². The van der Waals surface area contributed by atoms with Gasteiger partial charge >= 0.3 is 0 Å². The molecule has 0 bridgehead atoms. The van der Waals surface area contributed by atoms with E-state index in [0.717, 1.165) is 36.1 Å². The number of hydrogen-bond donors (Lipinski definition) is 0. The Bertz CT molecular complexity index is 678. The molecule has 1 saturated heterocycles. The first-order valence-corrected chi connectivity index (χ1v) is 8.74. The Kier molecular flexibility index (Phi) is 4.54. The van der Waals surface area contributed by atoms with E-state index in [9.17, 15) is 4.79 Å². The molecule has 6 heteroatoms. The number of aromatic nitrogens is 1. The first kappa shape index (κ1) is 15.6. The fourth-order valence-corrected chi connectivity index (χ4v) is 3.83. The first-order valence-electron chi connectivity index (χ1n) is 7.55. The minimum atomic E-state index is 0.0591. The number of halogens is 1. The molecule has 4 nitrogen and oxygen atoms in total. The van der Waals surface area contributed by atoms with Crippen molar-refractivity contribution in [2.75, 3.05) is 13.1 Å². The maximum Gasteiger partial charge on any atom is 0.274 e. The summed E-state index contributed by atoms with van der Waals surface area (Å²) in [6, 6.07) is 5.75. The van der Waals surface area contributed by atoms with Crippen molar-refractivity contribution >= 4 is 39.1 Å². The predicted molar refractivity (Wildman–Crippen MR) is 89.7 cm³/mol. The van der Waals surface area contributed by atoms with E-state index in [1.807, 2.05) is 36.9 Å². The van der Waals surface area contributed by atoms with Gasteiger partial charge in [0.25, 0.3) is 5.19 Å². The van der Waals surface area contributed by atoms with Crippen LogP contribution in [0.4, 0.5) is 0 Å². The molecule has 1 aromatic heterocycles. The molecular formula is C16H19ClN2O2S. The highest BCUT2D eigenvalue weighted by atomic mass is 35.5. The molecule has 0 unspecified atom stereocenters. The smallest absolute Gasteiger partial charge is 0.274 e. The van der Waals surface area contributed by atoms with E-state index in [2.05, 4.69) is 4.98 Å². The number of rotatable bonds is 3. The Balaban J connectivity index is 1.62. The molecule has 0 radical (unpaired) electrons. The van der Waals surface area contributed by atoms with E-state index in [1.165, 1.54) is 11.3 Å². The second-order valence-electron chi connectivity index (χ2n) is 5.86. The van der Waals surface area contributed by atoms with Gasteiger partial charge < -0.3 is 9.64 Å². The molecule has 2 heterocycles. The minimum Gasteiger partial charge on any atom is -0.467 e. The number of piperidine rings is 1. The number of benzene rings is 1. The zero-order valence-electron chi connectivity index (χ0n) is 12.7. The number of amides is 1. The summed E-state index contributed by atoms with van der Waals surface area (Å²) in [7, 11) is 0. The normalized spacial score (nSPS) is 16.5. The molecule has 1 amide bonds. The van der Waals surface area contributed by atoms with Crippen molar-refractivity contribution < 1.29 is 9.53 Å². The molecular weight excluding hydrogens is 320 g/mol. The van der Waals surface area contributed by atoms with Crippen LogP contribution in [0.5, 0.6) is 5.19 Å². The lowest BCUT2D eigenvalue weighted by Gasteiger charge is -2.32. The van der Waals surface area contributed by atoms with Gasteiger partial charge in [0, 0.05) is 31.8 Å². The number of nitrogens with zero attached hydrogens (tertiary/aromatic N) is 2. The molecule has 1 aromatic carbocycles. The van der Waals surface area contributed by atoms with E-state index in [-0.39, 0.29) is 17.9 Å². The molecule has 0 saturated carbocycles. The van der Waals surface area contributed by atoms with Crippen LogP contribution < -0.4 is 4.74 Å². The number of likely N-dealkylation sites (tertiary alicyclic amines) is 1. The van der Waals surface area contributed by atoms with Gasteiger partial charge in [-0.3, -0.25) is 4.79 Å². The van der Waals surface area contributed by atoms with Gasteiger partial charge in [-0.2, -0.15) is 0 Å². The predicted octanol–water partition coefficient (Wildman–Crippen LogP) is 3.98. The summed E-state index contributed by atoms with van der Waals surface area (Å²) in [4.78, 5) is 18.4. The average Bonchev–Trinajstić information content (AvgIpc) is 2.91. The number of thiazole rings is 1. The van der Waals surface area contributed by atoms with Gasteiger partial charge in [0.05, 0.1) is 9.72 Å². The maximum atomic E-state index is 12.0. The number of para-hydroxylation sites is 1. The third-order valence-electron chi connectivity index (χ3n) is 3.87. The third kappa shape index (κ3) is 3.20. The summed E-state index contributed by atoms with van der Waals surface area (Å²) in [5.41, 5.74) is 0.802. The van der Waals surface area contributed by atoms with E-state index in [1.54, 1.807) is 0 Å². The SMILES string of the molecule is CC(C)C(=O)N1CCC(Oc2nc3c(Cl)cccc3s2)CC1. The largest absolute Gasteiger partial charge is 0.467 e. The van der Waals surface area contributed by atoms with Crippen LogP contribution >= 0.6 is 22.9 Å². The van der Waals surface area contributed by atoms with Gasteiger partial charge in [0.1, 0.15) is 11.6 Å². The van der Waals surface area contributed by atoms with Gasteiger partial charge in [0.15, 0.2) is 0 Å². The molecule has 118 valence electrons. The van der Waals surface area contributed by atoms with Crippen LogP contribution in [0.1, 0.15) is 26.7 Å². The van der Waals surface area contributed by atoms with Crippen molar-refractivity contribution in [2.45, 2.75) is 32.8 Å². The molecule has 22 heavy (non-hydrogen) atoms. The zero-order chi connectivity index (χ0) is 15.7. The number of carbonyl (C=O) groups is 1. The summed E-state index contributed by atoms with van der Waals surface area (Å²) < 4.78 is 7.03. The lowest BCUT2D eigenvalue weighted by Crippen LogP contribution is -2.43. The molecule has 0 atom stereocenters. The summed E-state index contributed by atoms with van der Waals surface area (Å²) >= 11 is 7.66. The Morgan fingerprint density at radius 1 is 1.41 bits per heavy atom. The summed E-state index contributed by atoms with van der Waals surface area (Å²) in [5.74, 6) is 0.286. The van der Waals surface area contributed by atoms with Crippen molar-refractivity contribution in [3.63, 3.8) is 0 Å². The van der Waals surface area contributed by atoms with Crippen molar-refractivity contribution in [2.24, 2.45) is 5.92 Å². The molecule has 1 fully saturated rings. The van der Waals surface area contributed by atoms with Crippen molar-refractivity contribution in [1.82, 2.24) is 9.88 Å². The molecule has 3 rings (SSSR count). The first-order chi connectivity index (χ1) is 10.5. The van der Waals surface area contributed by atoms with Crippen LogP contribution in [0.2, 0.25) is 5.02 Å². The van der Waals surface area contributed by atoms with Gasteiger partial charge in [-0.05, 0) is 12.1 Å². The molecule has 0 aliphatic carbocycles. The Morgan fingerprint density at radius 3 is 2.77 bits per heavy atom. The number of fused-ring (bicyclic) bond motifs is 1. The molecule has 0 N–H and O–H groups in total. The highest BCUT2D eigenvalue weighted by Crippen LogP contribution is 2.33. The molecule has 1 aliphatic heterocycles. The second kappa shape index (κ2) is 6.42. The fraction of sp³-hybridized carbons (Fsp3) is 0.500. The fourth-order valence-electron chi connectivity index (χ4n) is 2.65. The average molecular weight is 339 g/mol. The van der Waals surface area contributed by atoms with Gasteiger partial charge in [-0.1, -0.05) is 42.9 Å². The van der Waals surface area contributed by atoms with Crippen LogP contribution in [0.15, 0.2) is 18.2 Å². The maximum absolute atomic E-state index is 12.0. The Morgan fingerprint density at radius 2 is 2.14 bits per heavy atom. The van der Waals surface area contributed by atoms with Crippen molar-refractivity contribution in [1.29, 1.82) is 0 Å². The number of hydrogen-bond acceptors (Lipinski definition) is 4. The number of ether oxygens (including phenoxy) is 1. The summed E-state index contributed by atoms with van der Waals surface area (Å²) in [5, 5.41) is 1.32. The lowest BCUT2D eigenvalue weighted by atomic mass is 10.1. The van der Waals surface area contributed by atoms with Crippen LogP contribution in [-0.4, -0.2) is 35.0 Å². The van der Waals surface area contributed by atoms with Crippen LogP contribution in [0.25, 0.3) is 10.2 Å². The van der Waals surface area contributed by atoms with E-state index >= 15 is 0 Å². The standard InChI is InChI=1S/C16H19ClN2O2S/c1-10(2)15(20)19-8-6-11(7-9-19)21-16-18-14-12(17)4-3-5-13(14)22-16/h3-5,10-11H,6-9H2,1-2H3. The van der Waals surface area contributed by atoms with Crippen LogP contribution in [0.3, 0.4) is 0 Å².